The van der Waals surface area contributed by atoms with Crippen molar-refractivity contribution in [3.63, 3.8) is 0 Å². The monoisotopic (exact) mass is 374 g/mol. The molecule has 1 atom stereocenters. The van der Waals surface area contributed by atoms with E-state index in [0.29, 0.717) is 18.7 Å². The van der Waals surface area contributed by atoms with Gasteiger partial charge in [-0.05, 0) is 35.4 Å². The number of sulfone groups is 1. The van der Waals surface area contributed by atoms with Crippen molar-refractivity contribution in [1.82, 2.24) is 10.6 Å². The Labute approximate surface area is 153 Å². The van der Waals surface area contributed by atoms with Crippen molar-refractivity contribution in [3.05, 3.63) is 54.1 Å². The fourth-order valence-corrected chi connectivity index (χ4v) is 3.40. The number of carbonyl (C=O) groups is 1. The number of carbonyl (C=O) groups excluding carboxylic acids is 1. The summed E-state index contributed by atoms with van der Waals surface area (Å²) >= 11 is 0. The van der Waals surface area contributed by atoms with Crippen molar-refractivity contribution in [2.45, 2.75) is 11.0 Å². The van der Waals surface area contributed by atoms with Crippen LogP contribution in [0.15, 0.2) is 53.4 Å². The summed E-state index contributed by atoms with van der Waals surface area (Å²) in [5, 5.41) is 6.10. The molecule has 1 amide bonds. The minimum atomic E-state index is -3.20. The molecular weight excluding hydrogens is 352 g/mol. The van der Waals surface area contributed by atoms with Crippen molar-refractivity contribution in [1.29, 1.82) is 0 Å². The molecule has 2 N–H and O–H groups in total. The molecule has 0 aliphatic carbocycles. The number of ether oxygens (including phenoxy) is 1. The third-order valence-corrected chi connectivity index (χ3v) is 5.39. The summed E-state index contributed by atoms with van der Waals surface area (Å²) in [4.78, 5) is 12.5. The molecule has 1 unspecified atom stereocenters. The van der Waals surface area contributed by atoms with Gasteiger partial charge < -0.3 is 15.4 Å². The van der Waals surface area contributed by atoms with E-state index in [2.05, 4.69) is 10.6 Å². The zero-order valence-corrected chi connectivity index (χ0v) is 15.4. The summed E-state index contributed by atoms with van der Waals surface area (Å²) in [6.45, 7) is 2.72. The Kier molecular flexibility index (Phi) is 5.70. The number of hydrogen-bond acceptors (Lipinski definition) is 5. The highest BCUT2D eigenvalue weighted by Crippen LogP contribution is 2.22. The van der Waals surface area contributed by atoms with Gasteiger partial charge in [-0.2, -0.15) is 0 Å². The molecule has 7 heteroatoms. The third-order valence-electron chi connectivity index (χ3n) is 4.26. The second-order valence-electron chi connectivity index (χ2n) is 6.28. The molecule has 0 radical (unpaired) electrons. The molecule has 1 heterocycles. The minimum Gasteiger partial charge on any atom is -0.374 e. The Bertz CT molecular complexity index is 855. The summed E-state index contributed by atoms with van der Waals surface area (Å²) in [5.74, 6) is -0.141. The maximum Gasteiger partial charge on any atom is 0.251 e. The van der Waals surface area contributed by atoms with E-state index in [9.17, 15) is 13.2 Å². The van der Waals surface area contributed by atoms with Crippen LogP contribution in [0.1, 0.15) is 10.4 Å². The molecule has 1 fully saturated rings. The molecule has 2 aromatic rings. The molecule has 26 heavy (non-hydrogen) atoms. The Morgan fingerprint density at radius 1 is 1.12 bits per heavy atom. The fourth-order valence-electron chi connectivity index (χ4n) is 2.77. The van der Waals surface area contributed by atoms with Gasteiger partial charge in [-0.1, -0.05) is 24.3 Å². The molecule has 0 spiro atoms. The van der Waals surface area contributed by atoms with E-state index in [1.54, 1.807) is 36.4 Å². The van der Waals surface area contributed by atoms with Gasteiger partial charge in [0.25, 0.3) is 5.91 Å². The van der Waals surface area contributed by atoms with Crippen LogP contribution in [0.5, 0.6) is 0 Å². The lowest BCUT2D eigenvalue weighted by Gasteiger charge is -2.23. The highest BCUT2D eigenvalue weighted by atomic mass is 32.2. The summed E-state index contributed by atoms with van der Waals surface area (Å²) < 4.78 is 28.6. The molecule has 0 bridgehead atoms. The SMILES string of the molecule is CS(=O)(=O)c1ccc(-c2ccc(C(=O)NCC3CNCCO3)cc2)cc1. The Hall–Kier alpha value is -2.22. The van der Waals surface area contributed by atoms with Crippen molar-refractivity contribution < 1.29 is 17.9 Å². The maximum absolute atomic E-state index is 12.2. The normalized spacial score (nSPS) is 17.7. The predicted octanol–water partition coefficient (Wildman–Crippen LogP) is 1.48. The quantitative estimate of drug-likeness (QED) is 0.828. The first-order valence-electron chi connectivity index (χ1n) is 8.44. The van der Waals surface area contributed by atoms with E-state index < -0.39 is 9.84 Å². The Balaban J connectivity index is 1.63. The van der Waals surface area contributed by atoms with Gasteiger partial charge in [-0.25, -0.2) is 8.42 Å². The average molecular weight is 374 g/mol. The first kappa shape index (κ1) is 18.6. The molecule has 3 rings (SSSR count). The second kappa shape index (κ2) is 7.99. The molecule has 1 aliphatic heterocycles. The smallest absolute Gasteiger partial charge is 0.251 e. The van der Waals surface area contributed by atoms with Crippen LogP contribution >= 0.6 is 0 Å². The molecular formula is C19H22N2O4S. The minimum absolute atomic E-state index is 0.000308. The first-order chi connectivity index (χ1) is 12.4. The molecule has 0 aromatic heterocycles. The molecule has 0 saturated carbocycles. The van der Waals surface area contributed by atoms with Crippen LogP contribution in [0.25, 0.3) is 11.1 Å². The molecule has 2 aromatic carbocycles. The van der Waals surface area contributed by atoms with Crippen LogP contribution < -0.4 is 10.6 Å². The number of benzene rings is 2. The largest absolute Gasteiger partial charge is 0.374 e. The fraction of sp³-hybridized carbons (Fsp3) is 0.316. The molecule has 1 saturated heterocycles. The Morgan fingerprint density at radius 3 is 2.27 bits per heavy atom. The van der Waals surface area contributed by atoms with Crippen LogP contribution in [-0.2, 0) is 14.6 Å². The van der Waals surface area contributed by atoms with Crippen LogP contribution in [0.2, 0.25) is 0 Å². The van der Waals surface area contributed by atoms with Crippen molar-refractivity contribution in [2.24, 2.45) is 0 Å². The van der Waals surface area contributed by atoms with Gasteiger partial charge in [0.2, 0.25) is 0 Å². The van der Waals surface area contributed by atoms with Crippen LogP contribution in [0.4, 0.5) is 0 Å². The number of morpholine rings is 1. The number of rotatable bonds is 5. The van der Waals surface area contributed by atoms with Crippen LogP contribution in [0, 0.1) is 0 Å². The number of nitrogens with one attached hydrogen (secondary N) is 2. The van der Waals surface area contributed by atoms with Crippen molar-refractivity contribution >= 4 is 15.7 Å². The molecule has 1 aliphatic rings. The van der Waals surface area contributed by atoms with E-state index >= 15 is 0 Å². The second-order valence-corrected chi connectivity index (χ2v) is 8.30. The van der Waals surface area contributed by atoms with Crippen molar-refractivity contribution in [2.75, 3.05) is 32.5 Å². The number of amides is 1. The average Bonchev–Trinajstić information content (AvgIpc) is 2.66. The molecule has 6 nitrogen and oxygen atoms in total. The van der Waals surface area contributed by atoms with Gasteiger partial charge in [-0.3, -0.25) is 4.79 Å². The van der Waals surface area contributed by atoms with Gasteiger partial charge in [0.15, 0.2) is 9.84 Å². The summed E-state index contributed by atoms with van der Waals surface area (Å²) in [6, 6.07) is 13.9. The number of hydrogen-bond donors (Lipinski definition) is 2. The van der Waals surface area contributed by atoms with E-state index in [1.165, 1.54) is 6.26 Å². The lowest BCUT2D eigenvalue weighted by atomic mass is 10.0. The first-order valence-corrected chi connectivity index (χ1v) is 10.3. The van der Waals surface area contributed by atoms with E-state index in [1.807, 2.05) is 12.1 Å². The zero-order chi connectivity index (χ0) is 18.6. The maximum atomic E-state index is 12.2. The molecule has 138 valence electrons. The topological polar surface area (TPSA) is 84.5 Å². The lowest BCUT2D eigenvalue weighted by molar-refractivity contribution is 0.0287. The highest BCUT2D eigenvalue weighted by Gasteiger charge is 2.15. The summed E-state index contributed by atoms with van der Waals surface area (Å²) in [5.41, 5.74) is 2.39. The third kappa shape index (κ3) is 4.69. The van der Waals surface area contributed by atoms with E-state index in [4.69, 9.17) is 4.74 Å². The van der Waals surface area contributed by atoms with Gasteiger partial charge in [-0.15, -0.1) is 0 Å². The Morgan fingerprint density at radius 2 is 1.73 bits per heavy atom. The van der Waals surface area contributed by atoms with Gasteiger partial charge in [0.05, 0.1) is 17.6 Å². The van der Waals surface area contributed by atoms with Crippen LogP contribution in [-0.4, -0.2) is 52.9 Å². The summed E-state index contributed by atoms with van der Waals surface area (Å²) in [6.07, 6.45) is 1.18. The predicted molar refractivity (Wildman–Crippen MR) is 99.9 cm³/mol. The van der Waals surface area contributed by atoms with E-state index in [0.717, 1.165) is 24.2 Å². The lowest BCUT2D eigenvalue weighted by Crippen LogP contribution is -2.45. The summed E-state index contributed by atoms with van der Waals surface area (Å²) in [7, 11) is -3.20. The zero-order valence-electron chi connectivity index (χ0n) is 14.6. The van der Waals surface area contributed by atoms with Gasteiger partial charge in [0.1, 0.15) is 0 Å². The van der Waals surface area contributed by atoms with Crippen LogP contribution in [0.3, 0.4) is 0 Å². The van der Waals surface area contributed by atoms with Gasteiger partial charge in [0, 0.05) is 31.5 Å². The van der Waals surface area contributed by atoms with E-state index in [-0.39, 0.29) is 16.9 Å². The standard InChI is InChI=1S/C19H22N2O4S/c1-26(23,24)18-8-6-15(7-9-18)14-2-4-16(5-3-14)19(22)21-13-17-12-20-10-11-25-17/h2-9,17,20H,10-13H2,1H3,(H,21,22). The van der Waals surface area contributed by atoms with Crippen molar-refractivity contribution in [3.8, 4) is 11.1 Å². The van der Waals surface area contributed by atoms with Gasteiger partial charge >= 0.3 is 0 Å². The highest BCUT2D eigenvalue weighted by molar-refractivity contribution is 7.90.